The Morgan fingerprint density at radius 2 is 2.24 bits per heavy atom. The van der Waals surface area contributed by atoms with Gasteiger partial charge < -0.3 is 14.7 Å². The van der Waals surface area contributed by atoms with E-state index < -0.39 is 5.60 Å². The zero-order valence-electron chi connectivity index (χ0n) is 12.9. The van der Waals surface area contributed by atoms with E-state index in [4.69, 9.17) is 4.74 Å². The van der Waals surface area contributed by atoms with Crippen molar-refractivity contribution in [2.45, 2.75) is 45.9 Å². The predicted octanol–water partition coefficient (Wildman–Crippen LogP) is 1.10. The second-order valence-electron chi connectivity index (χ2n) is 5.89. The maximum Gasteiger partial charge on any atom is 0.333 e. The molecular formula is C13H22N4O4. The van der Waals surface area contributed by atoms with Crippen LogP contribution in [0.4, 0.5) is 11.5 Å². The molecule has 2 rings (SSSR count). The molecule has 0 amide bonds. The van der Waals surface area contributed by atoms with Gasteiger partial charge in [-0.1, -0.05) is 0 Å². The lowest BCUT2D eigenvalue weighted by atomic mass is 10.1. The van der Waals surface area contributed by atoms with Crippen molar-refractivity contribution in [2.75, 3.05) is 24.6 Å². The number of hydrogen-bond donors (Lipinski definition) is 1. The van der Waals surface area contributed by atoms with Gasteiger partial charge in [0.1, 0.15) is 5.69 Å². The molecular weight excluding hydrogens is 276 g/mol. The SMILES string of the molecule is CCn1nc(C)c([N+](=O)[O-])c1N1CC(CO)OC(C)(C)C1. The van der Waals surface area contributed by atoms with Crippen LogP contribution in [0.25, 0.3) is 0 Å². The molecule has 1 aliphatic rings. The minimum atomic E-state index is -0.490. The topological polar surface area (TPSA) is 93.7 Å². The van der Waals surface area contributed by atoms with Crippen molar-refractivity contribution in [3.63, 3.8) is 0 Å². The average Bonchev–Trinajstić information content (AvgIpc) is 2.73. The number of nitrogens with zero attached hydrogens (tertiary/aromatic N) is 4. The molecule has 1 atom stereocenters. The molecule has 118 valence electrons. The van der Waals surface area contributed by atoms with Gasteiger partial charge in [0.2, 0.25) is 5.82 Å². The number of ether oxygens (including phenoxy) is 1. The first-order chi connectivity index (χ1) is 9.79. The van der Waals surface area contributed by atoms with E-state index in [0.717, 1.165) is 0 Å². The Labute approximate surface area is 123 Å². The van der Waals surface area contributed by atoms with E-state index in [2.05, 4.69) is 5.10 Å². The summed E-state index contributed by atoms with van der Waals surface area (Å²) in [7, 11) is 0. The molecule has 1 aromatic heterocycles. The van der Waals surface area contributed by atoms with E-state index in [-0.39, 0.29) is 23.3 Å². The highest BCUT2D eigenvalue weighted by atomic mass is 16.6. The van der Waals surface area contributed by atoms with Crippen LogP contribution in [-0.4, -0.2) is 51.2 Å². The van der Waals surface area contributed by atoms with E-state index in [1.807, 2.05) is 25.7 Å². The van der Waals surface area contributed by atoms with Gasteiger partial charge in [0.15, 0.2) is 0 Å². The largest absolute Gasteiger partial charge is 0.394 e. The molecule has 1 aromatic rings. The first-order valence-corrected chi connectivity index (χ1v) is 7.04. The molecule has 1 fully saturated rings. The fourth-order valence-electron chi connectivity index (χ4n) is 2.86. The summed E-state index contributed by atoms with van der Waals surface area (Å²) in [6, 6.07) is 0. The van der Waals surface area contributed by atoms with Gasteiger partial charge in [-0.15, -0.1) is 0 Å². The van der Waals surface area contributed by atoms with Crippen molar-refractivity contribution in [2.24, 2.45) is 0 Å². The molecule has 0 aliphatic carbocycles. The van der Waals surface area contributed by atoms with Gasteiger partial charge in [0, 0.05) is 19.6 Å². The van der Waals surface area contributed by atoms with Gasteiger partial charge in [-0.2, -0.15) is 5.10 Å². The van der Waals surface area contributed by atoms with Gasteiger partial charge in [-0.05, 0) is 27.7 Å². The van der Waals surface area contributed by atoms with E-state index >= 15 is 0 Å². The van der Waals surface area contributed by atoms with Crippen molar-refractivity contribution >= 4 is 11.5 Å². The summed E-state index contributed by atoms with van der Waals surface area (Å²) < 4.78 is 7.41. The number of aliphatic hydroxyl groups is 1. The molecule has 0 spiro atoms. The lowest BCUT2D eigenvalue weighted by Crippen LogP contribution is -2.54. The summed E-state index contributed by atoms with van der Waals surface area (Å²) in [6.45, 7) is 8.71. The van der Waals surface area contributed by atoms with Gasteiger partial charge in [-0.25, -0.2) is 4.68 Å². The summed E-state index contributed by atoms with van der Waals surface area (Å²) in [4.78, 5) is 12.9. The van der Waals surface area contributed by atoms with Crippen LogP contribution in [0.15, 0.2) is 0 Å². The highest BCUT2D eigenvalue weighted by Gasteiger charge is 2.38. The molecule has 1 saturated heterocycles. The van der Waals surface area contributed by atoms with Crippen LogP contribution >= 0.6 is 0 Å². The predicted molar refractivity (Wildman–Crippen MR) is 77.5 cm³/mol. The number of nitro groups is 1. The summed E-state index contributed by atoms with van der Waals surface area (Å²) in [5, 5.41) is 25.0. The third kappa shape index (κ3) is 3.01. The third-order valence-electron chi connectivity index (χ3n) is 3.54. The normalized spacial score (nSPS) is 21.6. The Kier molecular flexibility index (Phi) is 4.20. The monoisotopic (exact) mass is 298 g/mol. The standard InChI is InChI=1S/C13H22N4O4/c1-5-16-12(11(17(19)20)9(2)14-16)15-6-10(7-18)21-13(3,4)8-15/h10,18H,5-8H2,1-4H3. The van der Waals surface area contributed by atoms with Crippen LogP contribution in [0.3, 0.4) is 0 Å². The molecule has 1 aliphatic heterocycles. The fraction of sp³-hybridized carbons (Fsp3) is 0.769. The highest BCUT2D eigenvalue weighted by molar-refractivity contribution is 5.62. The smallest absolute Gasteiger partial charge is 0.333 e. The van der Waals surface area contributed by atoms with E-state index in [9.17, 15) is 15.2 Å². The molecule has 0 radical (unpaired) electrons. The number of aryl methyl sites for hydroxylation is 2. The van der Waals surface area contributed by atoms with Crippen LogP contribution in [0.5, 0.6) is 0 Å². The Morgan fingerprint density at radius 3 is 2.76 bits per heavy atom. The lowest BCUT2D eigenvalue weighted by Gasteiger charge is -2.42. The van der Waals surface area contributed by atoms with Crippen molar-refractivity contribution < 1.29 is 14.8 Å². The summed E-state index contributed by atoms with van der Waals surface area (Å²) in [6.07, 6.45) is -0.367. The van der Waals surface area contributed by atoms with Crippen LogP contribution in [0.2, 0.25) is 0 Å². The first kappa shape index (κ1) is 15.7. The molecule has 1 unspecified atom stereocenters. The summed E-state index contributed by atoms with van der Waals surface area (Å²) in [5.74, 6) is 0.495. The van der Waals surface area contributed by atoms with Crippen LogP contribution in [-0.2, 0) is 11.3 Å². The molecule has 1 N–H and O–H groups in total. The first-order valence-electron chi connectivity index (χ1n) is 7.04. The van der Waals surface area contributed by atoms with Gasteiger partial charge >= 0.3 is 5.69 Å². The fourth-order valence-corrected chi connectivity index (χ4v) is 2.86. The number of morpholine rings is 1. The van der Waals surface area contributed by atoms with Gasteiger partial charge in [0.05, 0.1) is 23.2 Å². The molecule has 0 saturated carbocycles. The zero-order chi connectivity index (χ0) is 15.8. The van der Waals surface area contributed by atoms with Crippen LogP contribution in [0, 0.1) is 17.0 Å². The van der Waals surface area contributed by atoms with Gasteiger partial charge in [-0.3, -0.25) is 10.1 Å². The molecule has 8 heteroatoms. The van der Waals surface area contributed by atoms with Crippen molar-refractivity contribution in [3.8, 4) is 0 Å². The van der Waals surface area contributed by atoms with Gasteiger partial charge in [0.25, 0.3) is 0 Å². The van der Waals surface area contributed by atoms with E-state index in [0.29, 0.717) is 31.1 Å². The summed E-state index contributed by atoms with van der Waals surface area (Å²) >= 11 is 0. The number of hydrogen-bond acceptors (Lipinski definition) is 6. The Bertz CT molecular complexity index is 541. The Hall–Kier alpha value is -1.67. The van der Waals surface area contributed by atoms with E-state index in [1.54, 1.807) is 11.6 Å². The van der Waals surface area contributed by atoms with Crippen LogP contribution in [0.1, 0.15) is 26.5 Å². The quantitative estimate of drug-likeness (QED) is 0.660. The minimum absolute atomic E-state index is 0.0336. The average molecular weight is 298 g/mol. The molecule has 0 bridgehead atoms. The maximum absolute atomic E-state index is 11.4. The molecule has 0 aromatic carbocycles. The number of rotatable bonds is 4. The van der Waals surface area contributed by atoms with Crippen LogP contribution < -0.4 is 4.90 Å². The maximum atomic E-state index is 11.4. The zero-order valence-corrected chi connectivity index (χ0v) is 12.9. The molecule has 8 nitrogen and oxygen atoms in total. The second-order valence-corrected chi connectivity index (χ2v) is 5.89. The van der Waals surface area contributed by atoms with Crippen molar-refractivity contribution in [3.05, 3.63) is 15.8 Å². The number of anilines is 1. The highest BCUT2D eigenvalue weighted by Crippen LogP contribution is 2.35. The van der Waals surface area contributed by atoms with Crippen molar-refractivity contribution in [1.29, 1.82) is 0 Å². The Morgan fingerprint density at radius 1 is 1.57 bits per heavy atom. The Balaban J connectivity index is 2.47. The number of aliphatic hydroxyl groups excluding tert-OH is 1. The lowest BCUT2D eigenvalue weighted by molar-refractivity contribution is -0.384. The van der Waals surface area contributed by atoms with Crippen molar-refractivity contribution in [1.82, 2.24) is 9.78 Å². The molecule has 21 heavy (non-hydrogen) atoms. The molecule has 2 heterocycles. The van der Waals surface area contributed by atoms with E-state index in [1.165, 1.54) is 0 Å². The second kappa shape index (κ2) is 5.61. The summed E-state index contributed by atoms with van der Waals surface area (Å²) in [5.41, 5.74) is -0.0519. The minimum Gasteiger partial charge on any atom is -0.394 e. The number of aromatic nitrogens is 2. The third-order valence-corrected chi connectivity index (χ3v) is 3.54.